The first kappa shape index (κ1) is 21.5. The van der Waals surface area contributed by atoms with Crippen molar-refractivity contribution in [1.82, 2.24) is 15.0 Å². The largest absolute Gasteiger partial charge is 0.500 e. The van der Waals surface area contributed by atoms with Gasteiger partial charge in [-0.3, -0.25) is 4.98 Å². The van der Waals surface area contributed by atoms with Crippen LogP contribution in [0.2, 0.25) is 0 Å². The van der Waals surface area contributed by atoms with Crippen LogP contribution in [0, 0.1) is 31.3 Å². The van der Waals surface area contributed by atoms with E-state index in [1.165, 1.54) is 18.5 Å². The van der Waals surface area contributed by atoms with Crippen LogP contribution in [0.3, 0.4) is 0 Å². The van der Waals surface area contributed by atoms with Crippen molar-refractivity contribution in [2.24, 2.45) is 5.41 Å². The fraction of sp³-hybridized carbons (Fsp3) is 0.184. The third kappa shape index (κ3) is 6.59. The van der Waals surface area contributed by atoms with Gasteiger partial charge in [-0.15, -0.1) is 54.1 Å². The van der Waals surface area contributed by atoms with Gasteiger partial charge in [0.05, 0.1) is 5.58 Å². The van der Waals surface area contributed by atoms with Gasteiger partial charge in [-0.05, 0) is 54.1 Å². The Kier molecular flexibility index (Phi) is 6.29. The SMILES string of the molecule is [2H]C([2H])([2H])c1ccc(-c2[c-]cccc2)nc1.[2H]C([2H])([2H])c1cnc(-c2[c-]ccc3c2oc2c4ccncc4ccc32)cc1C([2H])([2H])C(C)(C)C.[Ir]. The molecule has 0 bridgehead atoms. The van der Waals surface area contributed by atoms with E-state index in [9.17, 15) is 0 Å². The van der Waals surface area contributed by atoms with E-state index >= 15 is 0 Å². The number of benzene rings is 3. The summed E-state index contributed by atoms with van der Waals surface area (Å²) < 4.78 is 69.5. The maximum Gasteiger partial charge on any atom is 0.128 e. The summed E-state index contributed by atoms with van der Waals surface area (Å²) in [7, 11) is 0. The number of furan rings is 1. The summed E-state index contributed by atoms with van der Waals surface area (Å²) in [6, 6.07) is 28.1. The van der Waals surface area contributed by atoms with Crippen LogP contribution in [0.5, 0.6) is 0 Å². The fourth-order valence-corrected chi connectivity index (χ4v) is 4.76. The Morgan fingerprint density at radius 3 is 2.42 bits per heavy atom. The summed E-state index contributed by atoms with van der Waals surface area (Å²) in [6.07, 6.45) is 4.24. The summed E-state index contributed by atoms with van der Waals surface area (Å²) in [6.45, 7) is 0.667. The normalized spacial score (nSPS) is 15.0. The molecule has 7 aromatic rings. The van der Waals surface area contributed by atoms with Crippen LogP contribution in [0.15, 0.2) is 102 Å². The predicted octanol–water partition coefficient (Wildman–Crippen LogP) is 9.75. The molecule has 0 fully saturated rings. The number of aromatic nitrogens is 3. The molecule has 0 saturated heterocycles. The van der Waals surface area contributed by atoms with Crippen molar-refractivity contribution in [2.75, 3.05) is 0 Å². The molecule has 0 atom stereocenters. The minimum Gasteiger partial charge on any atom is -0.500 e. The summed E-state index contributed by atoms with van der Waals surface area (Å²) in [5.41, 5.74) is 3.27. The van der Waals surface area contributed by atoms with Gasteiger partial charge in [-0.25, -0.2) is 0 Å². The number of aryl methyl sites for hydroxylation is 2. The molecule has 217 valence electrons. The van der Waals surface area contributed by atoms with Crippen molar-refractivity contribution < 1.29 is 35.5 Å². The third-order valence-electron chi connectivity index (χ3n) is 6.63. The molecule has 0 amide bonds. The molecular weight excluding hydrogens is 707 g/mol. The van der Waals surface area contributed by atoms with Gasteiger partial charge in [-0.1, -0.05) is 67.6 Å². The maximum atomic E-state index is 8.79. The molecule has 3 aromatic carbocycles. The quantitative estimate of drug-likeness (QED) is 0.169. The Balaban J connectivity index is 0.000000249. The second kappa shape index (κ2) is 12.6. The van der Waals surface area contributed by atoms with Crippen LogP contribution < -0.4 is 0 Å². The number of fused-ring (bicyclic) bond motifs is 5. The Morgan fingerprint density at radius 2 is 1.67 bits per heavy atom. The average molecular weight is 748 g/mol. The Morgan fingerprint density at radius 1 is 0.814 bits per heavy atom. The Labute approximate surface area is 277 Å². The van der Waals surface area contributed by atoms with Crippen molar-refractivity contribution in [3.63, 3.8) is 0 Å². The molecule has 0 aliphatic rings. The number of hydrogen-bond donors (Lipinski definition) is 0. The molecular formula is C38H33IrN3O-2. The van der Waals surface area contributed by atoms with Crippen molar-refractivity contribution in [3.8, 4) is 22.5 Å². The Bertz CT molecular complexity index is 2310. The van der Waals surface area contributed by atoms with Crippen LogP contribution in [0.1, 0.15) is 48.4 Å². The molecule has 0 spiro atoms. The zero-order valence-electron chi connectivity index (χ0n) is 31.8. The molecule has 0 saturated carbocycles. The topological polar surface area (TPSA) is 51.8 Å². The zero-order valence-corrected chi connectivity index (χ0v) is 26.2. The number of hydrogen-bond acceptors (Lipinski definition) is 4. The van der Waals surface area contributed by atoms with Crippen molar-refractivity contribution in [1.29, 1.82) is 0 Å². The average Bonchev–Trinajstić information content (AvgIpc) is 3.47. The van der Waals surface area contributed by atoms with Gasteiger partial charge >= 0.3 is 0 Å². The van der Waals surface area contributed by atoms with Crippen LogP contribution in [-0.4, -0.2) is 15.0 Å². The molecule has 0 N–H and O–H groups in total. The second-order valence-corrected chi connectivity index (χ2v) is 10.9. The van der Waals surface area contributed by atoms with Gasteiger partial charge in [-0.2, -0.15) is 0 Å². The van der Waals surface area contributed by atoms with E-state index in [2.05, 4.69) is 27.1 Å². The van der Waals surface area contributed by atoms with E-state index in [-0.39, 0.29) is 36.8 Å². The minimum atomic E-state index is -2.50. The van der Waals surface area contributed by atoms with Gasteiger partial charge in [0.15, 0.2) is 0 Å². The Hall–Kier alpha value is -4.18. The standard InChI is InChI=1S/C26H23N2O.C12H10N.Ir/c1-16-14-28-23(12-18(16)13-26(2,3)4)22-7-5-6-20-21-9-8-17-15-27-11-10-19(17)24(21)29-25(20)22;1-10-7-8-12(13-9-10)11-5-3-2-4-6-11;/h5-6,8-12,14-15H,13H2,1-4H3;2-5,7-9H,1H3;/q2*-1;/i1D3,13D2;1D3;. The summed E-state index contributed by atoms with van der Waals surface area (Å²) in [4.78, 5) is 12.7. The van der Waals surface area contributed by atoms with E-state index in [4.69, 9.17) is 15.4 Å². The van der Waals surface area contributed by atoms with Crippen molar-refractivity contribution >= 4 is 32.7 Å². The van der Waals surface area contributed by atoms with Crippen molar-refractivity contribution in [3.05, 3.63) is 126 Å². The number of nitrogens with zero attached hydrogens (tertiary/aromatic N) is 3. The summed E-state index contributed by atoms with van der Waals surface area (Å²) in [5.74, 6) is 0. The molecule has 4 aromatic heterocycles. The molecule has 0 unspecified atom stereocenters. The third-order valence-corrected chi connectivity index (χ3v) is 6.63. The van der Waals surface area contributed by atoms with Gasteiger partial charge in [0.25, 0.3) is 0 Å². The second-order valence-electron chi connectivity index (χ2n) is 10.9. The molecule has 7 rings (SSSR count). The van der Waals surface area contributed by atoms with Crippen LogP contribution in [0.4, 0.5) is 0 Å². The summed E-state index contributed by atoms with van der Waals surface area (Å²) >= 11 is 0. The van der Waals surface area contributed by atoms with Gasteiger partial charge in [0.2, 0.25) is 0 Å². The van der Waals surface area contributed by atoms with Gasteiger partial charge in [0, 0.05) is 72.0 Å². The summed E-state index contributed by atoms with van der Waals surface area (Å²) in [5, 5.41) is 3.71. The van der Waals surface area contributed by atoms with Crippen molar-refractivity contribution in [2.45, 2.75) is 40.8 Å². The minimum absolute atomic E-state index is 0. The van der Waals surface area contributed by atoms with E-state index in [0.29, 0.717) is 16.8 Å². The van der Waals surface area contributed by atoms with E-state index in [1.807, 2.05) is 42.5 Å². The maximum absolute atomic E-state index is 8.79. The fourth-order valence-electron chi connectivity index (χ4n) is 4.76. The van der Waals surface area contributed by atoms with Gasteiger partial charge in [0.1, 0.15) is 5.58 Å². The van der Waals surface area contributed by atoms with Crippen LogP contribution >= 0.6 is 0 Å². The molecule has 0 aliphatic heterocycles. The molecule has 4 nitrogen and oxygen atoms in total. The monoisotopic (exact) mass is 748 g/mol. The molecule has 5 heteroatoms. The van der Waals surface area contributed by atoms with E-state index in [1.54, 1.807) is 57.4 Å². The van der Waals surface area contributed by atoms with E-state index in [0.717, 1.165) is 38.4 Å². The first-order valence-corrected chi connectivity index (χ1v) is 13.5. The first-order chi connectivity index (χ1) is 23.5. The first-order valence-electron chi connectivity index (χ1n) is 17.5. The van der Waals surface area contributed by atoms with Crippen LogP contribution in [0.25, 0.3) is 55.2 Å². The smallest absolute Gasteiger partial charge is 0.128 e. The number of rotatable bonds is 3. The zero-order chi connectivity index (χ0) is 36.1. The molecule has 0 aliphatic carbocycles. The molecule has 1 radical (unpaired) electrons. The van der Waals surface area contributed by atoms with Crippen LogP contribution in [-0.2, 0) is 26.5 Å². The number of pyridine rings is 3. The molecule has 4 heterocycles. The van der Waals surface area contributed by atoms with E-state index < -0.39 is 25.5 Å². The van der Waals surface area contributed by atoms with Gasteiger partial charge < -0.3 is 14.4 Å². The predicted molar refractivity (Wildman–Crippen MR) is 172 cm³/mol. The molecule has 43 heavy (non-hydrogen) atoms.